The lowest BCUT2D eigenvalue weighted by atomic mass is 9.76. The highest BCUT2D eigenvalue weighted by atomic mass is 79.9. The maximum absolute atomic E-state index is 11.6. The predicted molar refractivity (Wildman–Crippen MR) is 101 cm³/mol. The minimum absolute atomic E-state index is 0.0340. The van der Waals surface area contributed by atoms with Crippen molar-refractivity contribution >= 4 is 33.4 Å². The van der Waals surface area contributed by atoms with Gasteiger partial charge < -0.3 is 9.64 Å². The van der Waals surface area contributed by atoms with Gasteiger partial charge in [-0.05, 0) is 43.7 Å². The van der Waals surface area contributed by atoms with E-state index in [1.54, 1.807) is 0 Å². The first kappa shape index (κ1) is 16.1. The topological polar surface area (TPSA) is 55.6 Å². The van der Waals surface area contributed by atoms with Crippen LogP contribution in [-0.4, -0.2) is 17.7 Å². The number of nitro benzene ring substituents is 1. The number of halogens is 1. The van der Waals surface area contributed by atoms with E-state index in [0.717, 1.165) is 11.3 Å². The summed E-state index contributed by atoms with van der Waals surface area (Å²) in [4.78, 5) is 13.2. The second kappa shape index (κ2) is 5.08. The van der Waals surface area contributed by atoms with Crippen molar-refractivity contribution < 1.29 is 9.66 Å². The van der Waals surface area contributed by atoms with Crippen LogP contribution in [0.1, 0.15) is 25.0 Å². The summed E-state index contributed by atoms with van der Waals surface area (Å²) in [5.41, 5.74) is 1.70. The average molecular weight is 401 g/mol. The number of ether oxygens (including phenoxy) is 1. The molecule has 0 saturated heterocycles. The van der Waals surface area contributed by atoms with Gasteiger partial charge in [-0.1, -0.05) is 34.1 Å². The lowest BCUT2D eigenvalue weighted by Gasteiger charge is -2.45. The minimum atomic E-state index is -0.817. The molecule has 0 fully saturated rings. The second-order valence-corrected chi connectivity index (χ2v) is 7.85. The van der Waals surface area contributed by atoms with Gasteiger partial charge in [0, 0.05) is 28.8 Å². The Morgan fingerprint density at radius 1 is 1.24 bits per heavy atom. The van der Waals surface area contributed by atoms with Crippen molar-refractivity contribution in [3.05, 3.63) is 68.2 Å². The number of anilines is 1. The first-order valence-corrected chi connectivity index (χ1v) is 8.77. The summed E-state index contributed by atoms with van der Waals surface area (Å²) in [5, 5.41) is 11.6. The van der Waals surface area contributed by atoms with Crippen LogP contribution in [0.4, 0.5) is 11.4 Å². The van der Waals surface area contributed by atoms with Crippen LogP contribution in [0.25, 0.3) is 6.08 Å². The van der Waals surface area contributed by atoms with Gasteiger partial charge in [0.05, 0.1) is 10.3 Å². The van der Waals surface area contributed by atoms with Crippen LogP contribution in [0, 0.1) is 10.1 Å². The van der Waals surface area contributed by atoms with Crippen LogP contribution in [0.3, 0.4) is 0 Å². The Morgan fingerprint density at radius 2 is 1.96 bits per heavy atom. The fourth-order valence-corrected chi connectivity index (χ4v) is 4.43. The maximum atomic E-state index is 11.6. The van der Waals surface area contributed by atoms with E-state index in [1.807, 2.05) is 37.4 Å². The fraction of sp³-hybridized carbons (Fsp3) is 0.263. The number of para-hydroxylation sites is 1. The van der Waals surface area contributed by atoms with Crippen LogP contribution >= 0.6 is 15.9 Å². The zero-order valence-electron chi connectivity index (χ0n) is 14.1. The number of likely N-dealkylation sites (N-methyl/N-ethyl adjacent to an activating group) is 1. The maximum Gasteiger partial charge on any atom is 0.312 e. The van der Waals surface area contributed by atoms with Gasteiger partial charge in [-0.3, -0.25) is 10.1 Å². The van der Waals surface area contributed by atoms with E-state index >= 15 is 0 Å². The lowest BCUT2D eigenvalue weighted by molar-refractivity contribution is -0.386. The Bertz CT molecular complexity index is 938. The van der Waals surface area contributed by atoms with E-state index in [1.165, 1.54) is 6.07 Å². The van der Waals surface area contributed by atoms with Crippen molar-refractivity contribution in [2.24, 2.45) is 0 Å². The third-order valence-electron chi connectivity index (χ3n) is 5.34. The van der Waals surface area contributed by atoms with Crippen LogP contribution in [0.5, 0.6) is 5.75 Å². The molecule has 0 N–H and O–H groups in total. The molecule has 2 aromatic carbocycles. The molecule has 4 rings (SSSR count). The molecule has 2 aliphatic heterocycles. The number of fused-ring (bicyclic) bond motifs is 2. The molecule has 5 nitrogen and oxygen atoms in total. The Labute approximate surface area is 154 Å². The van der Waals surface area contributed by atoms with Crippen molar-refractivity contribution in [2.45, 2.75) is 25.0 Å². The zero-order chi connectivity index (χ0) is 18.0. The first-order valence-electron chi connectivity index (χ1n) is 7.97. The van der Waals surface area contributed by atoms with Gasteiger partial charge in [0.15, 0.2) is 0 Å². The molecule has 0 radical (unpaired) electrons. The van der Waals surface area contributed by atoms with Gasteiger partial charge >= 0.3 is 5.69 Å². The van der Waals surface area contributed by atoms with Crippen molar-refractivity contribution in [3.8, 4) is 5.75 Å². The average Bonchev–Trinajstić information content (AvgIpc) is 2.74. The molecule has 0 amide bonds. The van der Waals surface area contributed by atoms with Crippen molar-refractivity contribution in [2.75, 3.05) is 11.9 Å². The van der Waals surface area contributed by atoms with Crippen molar-refractivity contribution in [3.63, 3.8) is 0 Å². The highest BCUT2D eigenvalue weighted by Crippen LogP contribution is 2.55. The summed E-state index contributed by atoms with van der Waals surface area (Å²) in [6.45, 7) is 4.21. The fourth-order valence-electron chi connectivity index (χ4n) is 3.96. The molecule has 2 aromatic rings. The van der Waals surface area contributed by atoms with Crippen LogP contribution in [-0.2, 0) is 5.41 Å². The van der Waals surface area contributed by atoms with Gasteiger partial charge in [-0.2, -0.15) is 0 Å². The van der Waals surface area contributed by atoms with Crippen LogP contribution < -0.4 is 9.64 Å². The molecule has 0 saturated carbocycles. The second-order valence-electron chi connectivity index (χ2n) is 6.93. The summed E-state index contributed by atoms with van der Waals surface area (Å²) < 4.78 is 7.07. The molecule has 1 atom stereocenters. The number of nitro groups is 1. The molecule has 1 unspecified atom stereocenters. The standard InChI is InChI=1S/C19H17BrN2O3/c1-18(2)14-6-4-5-7-15(14)21(3)19(18)9-8-12-10-13(20)11-16(22(23)24)17(12)25-19/h4-11H,1-3H3. The molecule has 0 bridgehead atoms. The van der Waals surface area contributed by atoms with Gasteiger partial charge in [0.1, 0.15) is 0 Å². The van der Waals surface area contributed by atoms with Crippen LogP contribution in [0.2, 0.25) is 0 Å². The number of rotatable bonds is 1. The van der Waals surface area contributed by atoms with E-state index in [4.69, 9.17) is 4.74 Å². The molecule has 0 aromatic heterocycles. The van der Waals surface area contributed by atoms with Gasteiger partial charge in [0.25, 0.3) is 0 Å². The van der Waals surface area contributed by atoms with E-state index in [9.17, 15) is 10.1 Å². The Balaban J connectivity index is 1.93. The van der Waals surface area contributed by atoms with Gasteiger partial charge in [-0.25, -0.2) is 0 Å². The molecule has 0 aliphatic carbocycles. The van der Waals surface area contributed by atoms with E-state index < -0.39 is 10.6 Å². The largest absolute Gasteiger partial charge is 0.456 e. The summed E-state index contributed by atoms with van der Waals surface area (Å²) in [6.07, 6.45) is 3.92. The molecular formula is C19H17BrN2O3. The van der Waals surface area contributed by atoms with Gasteiger partial charge in [-0.15, -0.1) is 0 Å². The number of hydrogen-bond acceptors (Lipinski definition) is 4. The van der Waals surface area contributed by atoms with Crippen LogP contribution in [0.15, 0.2) is 46.9 Å². The van der Waals surface area contributed by atoms with Crippen molar-refractivity contribution in [1.29, 1.82) is 0 Å². The normalized spacial score (nSPS) is 22.5. The van der Waals surface area contributed by atoms with E-state index in [2.05, 4.69) is 46.8 Å². The number of benzene rings is 2. The van der Waals surface area contributed by atoms with E-state index in [-0.39, 0.29) is 11.1 Å². The summed E-state index contributed by atoms with van der Waals surface area (Å²) in [7, 11) is 1.97. The summed E-state index contributed by atoms with van der Waals surface area (Å²) in [6, 6.07) is 11.5. The van der Waals surface area contributed by atoms with Crippen molar-refractivity contribution in [1.82, 2.24) is 0 Å². The molecule has 6 heteroatoms. The SMILES string of the molecule is CN1c2ccccc2C(C)(C)C12C=Cc1cc(Br)cc([N+](=O)[O-])c1O2. The zero-order valence-corrected chi connectivity index (χ0v) is 15.7. The Kier molecular flexibility index (Phi) is 3.28. The van der Waals surface area contributed by atoms with Gasteiger partial charge in [0.2, 0.25) is 11.5 Å². The monoisotopic (exact) mass is 400 g/mol. The third kappa shape index (κ3) is 2.00. The minimum Gasteiger partial charge on any atom is -0.456 e. The quantitative estimate of drug-likeness (QED) is 0.505. The molecule has 25 heavy (non-hydrogen) atoms. The molecule has 128 valence electrons. The highest BCUT2D eigenvalue weighted by Gasteiger charge is 2.58. The highest BCUT2D eigenvalue weighted by molar-refractivity contribution is 9.10. The number of nitrogens with zero attached hydrogens (tertiary/aromatic N) is 2. The Hall–Kier alpha value is -2.34. The predicted octanol–water partition coefficient (Wildman–Crippen LogP) is 4.89. The smallest absolute Gasteiger partial charge is 0.312 e. The molecule has 2 aliphatic rings. The Morgan fingerprint density at radius 3 is 2.64 bits per heavy atom. The lowest BCUT2D eigenvalue weighted by Crippen LogP contribution is -2.58. The van der Waals surface area contributed by atoms with E-state index in [0.29, 0.717) is 15.8 Å². The molecule has 2 heterocycles. The first-order chi connectivity index (χ1) is 11.8. The third-order valence-corrected chi connectivity index (χ3v) is 5.80. The summed E-state index contributed by atoms with van der Waals surface area (Å²) in [5.74, 6) is 0.309. The molecular weight excluding hydrogens is 384 g/mol. The number of hydrogen-bond donors (Lipinski definition) is 0. The molecule has 1 spiro atoms. The summed E-state index contributed by atoms with van der Waals surface area (Å²) >= 11 is 3.34.